The number of hydrogen-bond acceptors (Lipinski definition) is 4. The van der Waals surface area contributed by atoms with Gasteiger partial charge in [-0.25, -0.2) is 9.78 Å². The van der Waals surface area contributed by atoms with Crippen LogP contribution in [0.1, 0.15) is 47.3 Å². The van der Waals surface area contributed by atoms with E-state index in [9.17, 15) is 9.90 Å². The van der Waals surface area contributed by atoms with Crippen molar-refractivity contribution in [1.29, 1.82) is 0 Å². The quantitative estimate of drug-likeness (QED) is 0.882. The maximum absolute atomic E-state index is 11.4. The van der Waals surface area contributed by atoms with E-state index in [1.54, 1.807) is 6.07 Å². The van der Waals surface area contributed by atoms with E-state index in [0.717, 1.165) is 49.8 Å². The van der Waals surface area contributed by atoms with Crippen molar-refractivity contribution in [3.8, 4) is 0 Å². The molecule has 4 rings (SSSR count). The van der Waals surface area contributed by atoms with Crippen LogP contribution in [0.25, 0.3) is 0 Å². The average Bonchev–Trinajstić information content (AvgIpc) is 3.12. The van der Waals surface area contributed by atoms with Crippen LogP contribution >= 0.6 is 0 Å². The zero-order chi connectivity index (χ0) is 13.7. The molecule has 0 amide bonds. The maximum atomic E-state index is 11.4. The summed E-state index contributed by atoms with van der Waals surface area (Å²) in [4.78, 5) is 16.0. The van der Waals surface area contributed by atoms with Crippen LogP contribution in [0.4, 0.5) is 5.82 Å². The van der Waals surface area contributed by atoms with E-state index >= 15 is 0 Å². The van der Waals surface area contributed by atoms with Crippen molar-refractivity contribution in [2.24, 2.45) is 0 Å². The molecule has 1 aromatic rings. The number of carbonyl (C=O) groups is 1. The Labute approximate surface area is 117 Å². The minimum absolute atomic E-state index is 0.207. The first-order valence-electron chi connectivity index (χ1n) is 7.39. The molecule has 106 valence electrons. The number of ether oxygens (including phenoxy) is 1. The van der Waals surface area contributed by atoms with Gasteiger partial charge in [-0.05, 0) is 50.2 Å². The van der Waals surface area contributed by atoms with Crippen LogP contribution in [0.15, 0.2) is 6.07 Å². The van der Waals surface area contributed by atoms with Gasteiger partial charge in [-0.1, -0.05) is 0 Å². The molecule has 3 unspecified atom stereocenters. The summed E-state index contributed by atoms with van der Waals surface area (Å²) in [6, 6.07) is 2.01. The summed E-state index contributed by atoms with van der Waals surface area (Å²) in [6.07, 6.45) is 6.70. The van der Waals surface area contributed by atoms with Crippen LogP contribution in [-0.4, -0.2) is 34.3 Å². The Morgan fingerprint density at radius 3 is 3.00 bits per heavy atom. The van der Waals surface area contributed by atoms with Gasteiger partial charge in [0.15, 0.2) is 0 Å². The summed E-state index contributed by atoms with van der Waals surface area (Å²) in [5.41, 5.74) is 2.45. The Morgan fingerprint density at radius 1 is 1.40 bits per heavy atom. The predicted molar refractivity (Wildman–Crippen MR) is 73.1 cm³/mol. The summed E-state index contributed by atoms with van der Waals surface area (Å²) in [5, 5.41) is 12.7. The minimum Gasteiger partial charge on any atom is -0.478 e. The highest BCUT2D eigenvalue weighted by molar-refractivity contribution is 5.93. The molecular formula is C15H18N2O3. The number of aromatic carboxylic acids is 1. The van der Waals surface area contributed by atoms with E-state index in [-0.39, 0.29) is 12.1 Å². The molecule has 5 nitrogen and oxygen atoms in total. The molecule has 5 heteroatoms. The number of aryl methyl sites for hydroxylation is 2. The van der Waals surface area contributed by atoms with Gasteiger partial charge >= 0.3 is 5.97 Å². The summed E-state index contributed by atoms with van der Waals surface area (Å²) >= 11 is 0. The maximum Gasteiger partial charge on any atom is 0.339 e. The molecule has 1 aromatic heterocycles. The van der Waals surface area contributed by atoms with Crippen molar-refractivity contribution in [3.63, 3.8) is 0 Å². The van der Waals surface area contributed by atoms with Gasteiger partial charge in [0, 0.05) is 5.69 Å². The number of hydrogen-bond donors (Lipinski definition) is 2. The molecule has 0 radical (unpaired) electrons. The lowest BCUT2D eigenvalue weighted by Gasteiger charge is -2.22. The lowest BCUT2D eigenvalue weighted by atomic mass is 9.95. The van der Waals surface area contributed by atoms with E-state index in [1.165, 1.54) is 0 Å². The Morgan fingerprint density at radius 2 is 2.30 bits per heavy atom. The normalized spacial score (nSPS) is 30.5. The van der Waals surface area contributed by atoms with Gasteiger partial charge in [0.25, 0.3) is 0 Å². The van der Waals surface area contributed by atoms with Crippen molar-refractivity contribution in [2.75, 3.05) is 5.32 Å². The molecule has 2 saturated heterocycles. The Balaban J connectivity index is 1.64. The summed E-state index contributed by atoms with van der Waals surface area (Å²) in [5.74, 6) is -0.377. The first-order valence-corrected chi connectivity index (χ1v) is 7.39. The third-order valence-electron chi connectivity index (χ3n) is 4.71. The van der Waals surface area contributed by atoms with Gasteiger partial charge in [0.2, 0.25) is 0 Å². The fourth-order valence-corrected chi connectivity index (χ4v) is 3.71. The number of carboxylic acids is 1. The number of fused-ring (bicyclic) bond motifs is 3. The first-order chi connectivity index (χ1) is 9.70. The zero-order valence-electron chi connectivity index (χ0n) is 11.3. The molecule has 2 N–H and O–H groups in total. The van der Waals surface area contributed by atoms with E-state index in [1.807, 2.05) is 0 Å². The minimum atomic E-state index is -0.904. The molecule has 0 spiro atoms. The van der Waals surface area contributed by atoms with Crippen molar-refractivity contribution >= 4 is 11.8 Å². The SMILES string of the molecule is O=C(O)c1cc2c(nc1NC1CC3CCC1O3)CCC2. The monoisotopic (exact) mass is 274 g/mol. The van der Waals surface area contributed by atoms with Gasteiger partial charge in [-0.15, -0.1) is 0 Å². The van der Waals surface area contributed by atoms with Gasteiger partial charge in [0.05, 0.1) is 18.2 Å². The fourth-order valence-electron chi connectivity index (χ4n) is 3.71. The molecule has 0 saturated carbocycles. The van der Waals surface area contributed by atoms with Gasteiger partial charge in [-0.2, -0.15) is 0 Å². The number of nitrogens with zero attached hydrogens (tertiary/aromatic N) is 1. The molecule has 0 aromatic carbocycles. The molecule has 2 fully saturated rings. The summed E-state index contributed by atoms with van der Waals surface area (Å²) in [7, 11) is 0. The molecule has 20 heavy (non-hydrogen) atoms. The van der Waals surface area contributed by atoms with Crippen LogP contribution in [0.2, 0.25) is 0 Å². The van der Waals surface area contributed by atoms with Gasteiger partial charge < -0.3 is 15.2 Å². The predicted octanol–water partition coefficient (Wildman–Crippen LogP) is 2.00. The number of carboxylic acid groups (broad SMARTS) is 1. The van der Waals surface area contributed by atoms with E-state index in [2.05, 4.69) is 10.3 Å². The number of nitrogens with one attached hydrogen (secondary N) is 1. The average molecular weight is 274 g/mol. The molecule has 3 aliphatic rings. The van der Waals surface area contributed by atoms with E-state index in [4.69, 9.17) is 4.74 Å². The molecule has 3 atom stereocenters. The topological polar surface area (TPSA) is 71.5 Å². The number of anilines is 1. The number of aromatic nitrogens is 1. The van der Waals surface area contributed by atoms with Crippen molar-refractivity contribution in [2.45, 2.75) is 56.8 Å². The van der Waals surface area contributed by atoms with Gasteiger partial charge in [-0.3, -0.25) is 0 Å². The van der Waals surface area contributed by atoms with E-state index < -0.39 is 5.97 Å². The smallest absolute Gasteiger partial charge is 0.339 e. The highest BCUT2D eigenvalue weighted by Crippen LogP contribution is 2.36. The third-order valence-corrected chi connectivity index (χ3v) is 4.71. The number of rotatable bonds is 3. The molecular weight excluding hydrogens is 256 g/mol. The molecule has 2 aliphatic heterocycles. The van der Waals surface area contributed by atoms with Gasteiger partial charge in [0.1, 0.15) is 11.4 Å². The molecule has 2 bridgehead atoms. The first kappa shape index (κ1) is 12.1. The second-order valence-corrected chi connectivity index (χ2v) is 6.01. The van der Waals surface area contributed by atoms with Crippen LogP contribution in [-0.2, 0) is 17.6 Å². The third kappa shape index (κ3) is 1.88. The lowest BCUT2D eigenvalue weighted by molar-refractivity contribution is 0.0697. The summed E-state index contributed by atoms with van der Waals surface area (Å²) in [6.45, 7) is 0. The van der Waals surface area contributed by atoms with Crippen LogP contribution < -0.4 is 5.32 Å². The van der Waals surface area contributed by atoms with Crippen LogP contribution in [0, 0.1) is 0 Å². The second-order valence-electron chi connectivity index (χ2n) is 6.01. The number of pyridine rings is 1. The highest BCUT2D eigenvalue weighted by atomic mass is 16.5. The zero-order valence-corrected chi connectivity index (χ0v) is 11.3. The standard InChI is InChI=1S/C15H18N2O3/c18-15(19)10-6-8-2-1-3-11(8)16-14(10)17-12-7-9-4-5-13(12)20-9/h6,9,12-13H,1-5,7H2,(H,16,17)(H,18,19). The highest BCUT2D eigenvalue weighted by Gasteiger charge is 2.41. The molecule has 3 heterocycles. The van der Waals surface area contributed by atoms with E-state index in [0.29, 0.717) is 17.5 Å². The second kappa shape index (κ2) is 4.45. The van der Waals surface area contributed by atoms with Crippen molar-refractivity contribution in [1.82, 2.24) is 4.98 Å². The van der Waals surface area contributed by atoms with Crippen molar-refractivity contribution in [3.05, 3.63) is 22.9 Å². The Hall–Kier alpha value is -1.62. The molecule has 1 aliphatic carbocycles. The summed E-state index contributed by atoms with van der Waals surface area (Å²) < 4.78 is 5.81. The Bertz CT molecular complexity index is 572. The Kier molecular flexibility index (Phi) is 2.70. The fraction of sp³-hybridized carbons (Fsp3) is 0.600. The van der Waals surface area contributed by atoms with Crippen LogP contribution in [0.3, 0.4) is 0 Å². The largest absolute Gasteiger partial charge is 0.478 e. The van der Waals surface area contributed by atoms with Crippen molar-refractivity contribution < 1.29 is 14.6 Å². The van der Waals surface area contributed by atoms with Crippen LogP contribution in [0.5, 0.6) is 0 Å². The lowest BCUT2D eigenvalue weighted by Crippen LogP contribution is -2.31.